The zero-order valence-corrected chi connectivity index (χ0v) is 16.9. The molecule has 0 fully saturated rings. The summed E-state index contributed by atoms with van der Waals surface area (Å²) in [6, 6.07) is 8.75. The van der Waals surface area contributed by atoms with Crippen LogP contribution in [0.3, 0.4) is 0 Å². The lowest BCUT2D eigenvalue weighted by Gasteiger charge is -2.22. The van der Waals surface area contributed by atoms with E-state index in [9.17, 15) is 18.4 Å². The van der Waals surface area contributed by atoms with Gasteiger partial charge in [0.15, 0.2) is 22.5 Å². The molecule has 1 heterocycles. The fourth-order valence-corrected chi connectivity index (χ4v) is 3.75. The number of ketones is 1. The normalized spacial score (nSPS) is 11.1. The first-order chi connectivity index (χ1) is 13.8. The average molecular weight is 412 g/mol. The Labute approximate surface area is 171 Å². The van der Waals surface area contributed by atoms with Gasteiger partial charge < -0.3 is 0 Å². The van der Waals surface area contributed by atoms with Crippen molar-refractivity contribution < 1.29 is 18.4 Å². The van der Waals surface area contributed by atoms with E-state index in [4.69, 9.17) is 0 Å². The van der Waals surface area contributed by atoms with Crippen LogP contribution in [0.2, 0.25) is 0 Å². The number of carbonyl (C=O) groups is 2. The van der Waals surface area contributed by atoms with Crippen LogP contribution >= 0.6 is 11.3 Å². The van der Waals surface area contributed by atoms with Crippen molar-refractivity contribution in [3.8, 4) is 0 Å². The number of thiazole rings is 1. The minimum atomic E-state index is -1.08. The van der Waals surface area contributed by atoms with Gasteiger partial charge in [0.25, 0.3) is 0 Å². The summed E-state index contributed by atoms with van der Waals surface area (Å²) in [6.07, 6.45) is 2.72. The lowest BCUT2D eigenvalue weighted by Crippen LogP contribution is -2.24. The molecule has 0 saturated carbocycles. The van der Waals surface area contributed by atoms with Crippen LogP contribution in [0.4, 0.5) is 19.6 Å². The van der Waals surface area contributed by atoms with Crippen molar-refractivity contribution in [1.29, 1.82) is 0 Å². The van der Waals surface area contributed by atoms with Gasteiger partial charge in [-0.05, 0) is 55.3 Å². The van der Waals surface area contributed by atoms with Gasteiger partial charge >= 0.3 is 0 Å². The predicted molar refractivity (Wildman–Crippen MR) is 111 cm³/mol. The summed E-state index contributed by atoms with van der Waals surface area (Å²) >= 11 is 1.27. The Bertz CT molecular complexity index is 1100. The predicted octanol–water partition coefficient (Wildman–Crippen LogP) is 5.62. The highest BCUT2D eigenvalue weighted by atomic mass is 32.1. The molecule has 0 atom stereocenters. The Morgan fingerprint density at radius 3 is 2.38 bits per heavy atom. The second-order valence-electron chi connectivity index (χ2n) is 6.48. The van der Waals surface area contributed by atoms with E-state index < -0.39 is 17.4 Å². The van der Waals surface area contributed by atoms with Crippen LogP contribution in [-0.2, 0) is 4.79 Å². The van der Waals surface area contributed by atoms with Gasteiger partial charge in [0.05, 0.1) is 11.4 Å². The molecule has 0 aliphatic rings. The number of rotatable bonds is 5. The van der Waals surface area contributed by atoms with Crippen molar-refractivity contribution in [2.75, 3.05) is 4.90 Å². The van der Waals surface area contributed by atoms with Crippen molar-refractivity contribution in [1.82, 2.24) is 4.98 Å². The van der Waals surface area contributed by atoms with Gasteiger partial charge in [-0.1, -0.05) is 18.2 Å². The first kappa shape index (κ1) is 20.5. The highest BCUT2D eigenvalue weighted by Gasteiger charge is 2.21. The van der Waals surface area contributed by atoms with Gasteiger partial charge in [-0.25, -0.2) is 13.8 Å². The van der Waals surface area contributed by atoms with Gasteiger partial charge in [0.2, 0.25) is 5.91 Å². The number of anilines is 2. The number of hydrogen-bond donors (Lipinski definition) is 0. The molecular formula is C22H18F2N2O2S. The monoisotopic (exact) mass is 412 g/mol. The molecule has 29 heavy (non-hydrogen) atoms. The zero-order chi connectivity index (χ0) is 21.1. The second kappa shape index (κ2) is 8.45. The maximum atomic E-state index is 13.3. The Morgan fingerprint density at radius 1 is 1.07 bits per heavy atom. The van der Waals surface area contributed by atoms with Crippen LogP contribution in [-0.4, -0.2) is 16.7 Å². The summed E-state index contributed by atoms with van der Waals surface area (Å²) in [5.41, 5.74) is 3.19. The molecule has 4 nitrogen and oxygen atoms in total. The first-order valence-electron chi connectivity index (χ1n) is 8.78. The van der Waals surface area contributed by atoms with E-state index >= 15 is 0 Å². The molecular weight excluding hydrogens is 394 g/mol. The molecule has 0 radical (unpaired) electrons. The Hall–Kier alpha value is -3.19. The molecule has 0 aliphatic heterocycles. The van der Waals surface area contributed by atoms with Crippen molar-refractivity contribution >= 4 is 39.9 Å². The van der Waals surface area contributed by atoms with Gasteiger partial charge in [-0.2, -0.15) is 0 Å². The number of benzene rings is 2. The van der Waals surface area contributed by atoms with E-state index in [1.165, 1.54) is 36.5 Å². The minimum Gasteiger partial charge on any atom is -0.289 e. The molecule has 148 valence electrons. The fraction of sp³-hybridized carbons (Fsp3) is 0.136. The largest absolute Gasteiger partial charge is 0.289 e. The summed E-state index contributed by atoms with van der Waals surface area (Å²) in [5, 5.41) is 2.20. The molecule has 0 bridgehead atoms. The lowest BCUT2D eigenvalue weighted by molar-refractivity contribution is -0.115. The highest BCUT2D eigenvalue weighted by Crippen LogP contribution is 2.33. The fourth-order valence-electron chi connectivity index (χ4n) is 2.91. The number of carbonyl (C=O) groups excluding carboxylic acids is 2. The average Bonchev–Trinajstić information content (AvgIpc) is 3.13. The first-order valence-corrected chi connectivity index (χ1v) is 9.66. The van der Waals surface area contributed by atoms with Crippen molar-refractivity contribution in [3.63, 3.8) is 0 Å². The number of para-hydroxylation sites is 1. The number of nitrogens with zero attached hydrogens (tertiary/aromatic N) is 2. The van der Waals surface area contributed by atoms with Gasteiger partial charge in [-0.3, -0.25) is 14.5 Å². The van der Waals surface area contributed by atoms with E-state index in [1.807, 2.05) is 32.0 Å². The number of aromatic nitrogens is 1. The van der Waals surface area contributed by atoms with Crippen LogP contribution < -0.4 is 4.90 Å². The molecule has 0 saturated heterocycles. The smallest absolute Gasteiger partial charge is 0.230 e. The molecule has 7 heteroatoms. The third-order valence-electron chi connectivity index (χ3n) is 4.29. The van der Waals surface area contributed by atoms with Crippen molar-refractivity contribution in [2.24, 2.45) is 0 Å². The van der Waals surface area contributed by atoms with Gasteiger partial charge in [-0.15, -0.1) is 11.3 Å². The lowest BCUT2D eigenvalue weighted by atomic mass is 10.1. The second-order valence-corrected chi connectivity index (χ2v) is 7.31. The Balaban J connectivity index is 1.87. The molecule has 3 aromatic rings. The van der Waals surface area contributed by atoms with E-state index in [1.54, 1.807) is 10.3 Å². The topological polar surface area (TPSA) is 50.3 Å². The minimum absolute atomic E-state index is 0.0384. The number of amides is 1. The van der Waals surface area contributed by atoms with Gasteiger partial charge in [0, 0.05) is 17.9 Å². The Morgan fingerprint density at radius 2 is 1.76 bits per heavy atom. The molecule has 1 amide bonds. The van der Waals surface area contributed by atoms with E-state index in [0.717, 1.165) is 28.9 Å². The van der Waals surface area contributed by atoms with Crippen LogP contribution in [0.1, 0.15) is 34.1 Å². The highest BCUT2D eigenvalue weighted by molar-refractivity contribution is 7.14. The molecule has 2 aromatic carbocycles. The standard InChI is InChI=1S/C22H18F2N2O2S/c1-13-5-4-6-14(2)21(13)26(15(3)27)22-25-17(12-29-22)8-10-20(28)16-7-9-18(23)19(24)11-16/h4-12H,1-3H3/b10-8+. The summed E-state index contributed by atoms with van der Waals surface area (Å²) in [5.74, 6) is -2.74. The number of halogens is 2. The SMILES string of the molecule is CC(=O)N(c1nc(/C=C/C(=O)c2ccc(F)c(F)c2)cs1)c1c(C)cccc1C. The van der Waals surface area contributed by atoms with Crippen molar-refractivity contribution in [2.45, 2.75) is 20.8 Å². The van der Waals surface area contributed by atoms with Crippen LogP contribution in [0.15, 0.2) is 47.9 Å². The number of allylic oxidation sites excluding steroid dienone is 1. The summed E-state index contributed by atoms with van der Waals surface area (Å²) < 4.78 is 26.3. The molecule has 0 spiro atoms. The molecule has 3 rings (SSSR count). The summed E-state index contributed by atoms with van der Waals surface area (Å²) in [7, 11) is 0. The van der Waals surface area contributed by atoms with E-state index in [-0.39, 0.29) is 11.5 Å². The van der Waals surface area contributed by atoms with E-state index in [2.05, 4.69) is 4.98 Å². The molecule has 0 aliphatic carbocycles. The number of aryl methyl sites for hydroxylation is 2. The maximum Gasteiger partial charge on any atom is 0.230 e. The number of hydrogen-bond acceptors (Lipinski definition) is 4. The molecule has 1 aromatic heterocycles. The molecule has 0 unspecified atom stereocenters. The Kier molecular flexibility index (Phi) is 5.98. The van der Waals surface area contributed by atoms with Crippen LogP contribution in [0, 0.1) is 25.5 Å². The van der Waals surface area contributed by atoms with Crippen LogP contribution in [0.5, 0.6) is 0 Å². The van der Waals surface area contributed by atoms with Crippen molar-refractivity contribution in [3.05, 3.63) is 81.9 Å². The van der Waals surface area contributed by atoms with Crippen LogP contribution in [0.25, 0.3) is 6.08 Å². The summed E-state index contributed by atoms with van der Waals surface area (Å²) in [4.78, 5) is 30.5. The summed E-state index contributed by atoms with van der Waals surface area (Å²) in [6.45, 7) is 5.32. The third kappa shape index (κ3) is 4.46. The zero-order valence-electron chi connectivity index (χ0n) is 16.1. The molecule has 0 N–H and O–H groups in total. The maximum absolute atomic E-state index is 13.3. The van der Waals surface area contributed by atoms with Gasteiger partial charge in [0.1, 0.15) is 0 Å². The van der Waals surface area contributed by atoms with E-state index in [0.29, 0.717) is 10.8 Å². The third-order valence-corrected chi connectivity index (χ3v) is 5.13. The quantitative estimate of drug-likeness (QED) is 0.404.